The van der Waals surface area contributed by atoms with E-state index in [4.69, 9.17) is 16.3 Å². The van der Waals surface area contributed by atoms with Crippen LogP contribution < -0.4 is 20.5 Å². The highest BCUT2D eigenvalue weighted by Crippen LogP contribution is 2.40. The van der Waals surface area contributed by atoms with Gasteiger partial charge in [-0.2, -0.15) is 0 Å². The van der Waals surface area contributed by atoms with Gasteiger partial charge >= 0.3 is 6.03 Å². The first-order chi connectivity index (χ1) is 16.6. The molecular formula is C26H31ClN4O3. The number of piperidine rings is 2. The van der Waals surface area contributed by atoms with Crippen molar-refractivity contribution in [3.8, 4) is 11.5 Å². The Morgan fingerprint density at radius 1 is 1.00 bits per heavy atom. The van der Waals surface area contributed by atoms with Crippen molar-refractivity contribution in [2.24, 2.45) is 5.92 Å². The summed E-state index contributed by atoms with van der Waals surface area (Å²) in [4.78, 5) is 29.6. The molecule has 1 saturated carbocycles. The van der Waals surface area contributed by atoms with Gasteiger partial charge in [-0.05, 0) is 75.3 Å². The van der Waals surface area contributed by atoms with E-state index >= 15 is 0 Å². The quantitative estimate of drug-likeness (QED) is 0.451. The molecule has 6 rings (SSSR count). The predicted molar refractivity (Wildman–Crippen MR) is 132 cm³/mol. The van der Waals surface area contributed by atoms with Gasteiger partial charge in [0.05, 0.1) is 12.2 Å². The number of hydrogen-bond acceptors (Lipinski definition) is 4. The molecule has 7 nitrogen and oxygen atoms in total. The van der Waals surface area contributed by atoms with Gasteiger partial charge in [0.25, 0.3) is 0 Å². The number of unbranched alkanes of at least 4 members (excludes halogenated alkanes) is 1. The topological polar surface area (TPSA) is 73.9 Å². The lowest BCUT2D eigenvalue weighted by molar-refractivity contribution is -0.121. The third kappa shape index (κ3) is 5.15. The number of nitrogens with zero attached hydrogens (tertiary/aromatic N) is 2. The number of hydrazine groups is 1. The Morgan fingerprint density at radius 2 is 1.82 bits per heavy atom. The molecule has 1 aliphatic carbocycles. The first kappa shape index (κ1) is 23.0. The van der Waals surface area contributed by atoms with E-state index in [1.807, 2.05) is 24.3 Å². The van der Waals surface area contributed by atoms with E-state index in [2.05, 4.69) is 15.8 Å². The largest absolute Gasteiger partial charge is 0.455 e. The third-order valence-electron chi connectivity index (χ3n) is 7.21. The van der Waals surface area contributed by atoms with Gasteiger partial charge in [0, 0.05) is 29.6 Å². The van der Waals surface area contributed by atoms with Crippen LogP contribution >= 0.6 is 11.6 Å². The number of amides is 3. The van der Waals surface area contributed by atoms with E-state index in [-0.39, 0.29) is 5.91 Å². The first-order valence-electron chi connectivity index (χ1n) is 12.2. The molecule has 3 heterocycles. The molecule has 2 saturated heterocycles. The third-order valence-corrected chi connectivity index (χ3v) is 7.45. The van der Waals surface area contributed by atoms with Gasteiger partial charge in [0.15, 0.2) is 5.75 Å². The zero-order valence-electron chi connectivity index (χ0n) is 19.3. The second-order valence-corrected chi connectivity index (χ2v) is 9.95. The number of rotatable bonds is 5. The van der Waals surface area contributed by atoms with Crippen LogP contribution in [0.15, 0.2) is 42.5 Å². The number of carbonyl (C=O) groups is 2. The number of para-hydroxylation sites is 1. The lowest BCUT2D eigenvalue weighted by Gasteiger charge is -2.45. The van der Waals surface area contributed by atoms with Crippen LogP contribution in [-0.4, -0.2) is 36.0 Å². The maximum absolute atomic E-state index is 13.0. The number of fused-ring (bicyclic) bond motifs is 5. The smallest absolute Gasteiger partial charge is 0.341 e. The number of halogens is 1. The van der Waals surface area contributed by atoms with Gasteiger partial charge in [0.1, 0.15) is 5.75 Å². The van der Waals surface area contributed by atoms with E-state index in [0.29, 0.717) is 35.2 Å². The van der Waals surface area contributed by atoms with Crippen LogP contribution in [-0.2, 0) is 11.3 Å². The van der Waals surface area contributed by atoms with Crippen molar-refractivity contribution in [3.63, 3.8) is 0 Å². The number of urea groups is 1. The summed E-state index contributed by atoms with van der Waals surface area (Å²) in [5.41, 5.74) is 6.54. The second-order valence-electron chi connectivity index (χ2n) is 9.51. The molecule has 2 bridgehead atoms. The molecule has 0 unspecified atom stereocenters. The summed E-state index contributed by atoms with van der Waals surface area (Å²) in [5.74, 6) is 1.90. The number of hydrogen-bond donors (Lipinski definition) is 2. The minimum atomic E-state index is -0.443. The van der Waals surface area contributed by atoms with Gasteiger partial charge in [-0.25, -0.2) is 10.2 Å². The predicted octanol–water partition coefficient (Wildman–Crippen LogP) is 5.24. The monoisotopic (exact) mass is 482 g/mol. The minimum absolute atomic E-state index is 0.189. The SMILES string of the molecule is O=C(CCCCN1CC2CCC1CC2)NNC(=O)N1Cc2ccccc2Oc2ccc(Cl)cc21. The van der Waals surface area contributed by atoms with Crippen LogP contribution in [0.2, 0.25) is 5.02 Å². The maximum Gasteiger partial charge on any atom is 0.341 e. The van der Waals surface area contributed by atoms with Crippen molar-refractivity contribution in [2.45, 2.75) is 57.5 Å². The van der Waals surface area contributed by atoms with E-state index in [0.717, 1.165) is 36.9 Å². The number of benzene rings is 2. The van der Waals surface area contributed by atoms with E-state index in [9.17, 15) is 9.59 Å². The lowest BCUT2D eigenvalue weighted by Crippen LogP contribution is -2.49. The highest BCUT2D eigenvalue weighted by molar-refractivity contribution is 6.31. The molecule has 2 N–H and O–H groups in total. The molecule has 4 aliphatic rings. The minimum Gasteiger partial charge on any atom is -0.455 e. The van der Waals surface area contributed by atoms with Crippen LogP contribution in [0.3, 0.4) is 0 Å². The molecule has 2 aromatic carbocycles. The van der Waals surface area contributed by atoms with Crippen molar-refractivity contribution < 1.29 is 14.3 Å². The molecule has 3 fully saturated rings. The molecule has 3 amide bonds. The standard InChI is InChI=1S/C26H31ClN4O3/c27-20-10-13-24-22(15-20)31(17-19-5-1-2-6-23(19)34-24)26(33)29-28-25(32)7-3-4-14-30-16-18-8-11-21(30)12-9-18/h1-2,5-6,10,13,15,18,21H,3-4,7-9,11-12,14,16-17H2,(H,28,32)(H,29,33). The fourth-order valence-corrected chi connectivity index (χ4v) is 5.54. The van der Waals surface area contributed by atoms with E-state index in [1.165, 1.54) is 37.1 Å². The van der Waals surface area contributed by atoms with Gasteiger partial charge in [0.2, 0.25) is 5.91 Å². The van der Waals surface area contributed by atoms with Crippen molar-refractivity contribution in [1.82, 2.24) is 15.8 Å². The van der Waals surface area contributed by atoms with E-state index in [1.54, 1.807) is 18.2 Å². The Labute approximate surface area is 205 Å². The zero-order valence-corrected chi connectivity index (χ0v) is 20.0. The van der Waals surface area contributed by atoms with Gasteiger partial charge in [-0.15, -0.1) is 0 Å². The highest BCUT2D eigenvalue weighted by atomic mass is 35.5. The average molecular weight is 483 g/mol. The zero-order chi connectivity index (χ0) is 23.5. The van der Waals surface area contributed by atoms with Crippen molar-refractivity contribution in [3.05, 3.63) is 53.1 Å². The Hall–Kier alpha value is -2.77. The molecular weight excluding hydrogens is 452 g/mol. The molecule has 0 aromatic heterocycles. The molecule has 3 aliphatic heterocycles. The van der Waals surface area contributed by atoms with Crippen LogP contribution in [0.25, 0.3) is 0 Å². The van der Waals surface area contributed by atoms with Gasteiger partial charge in [-0.3, -0.25) is 15.1 Å². The fourth-order valence-electron chi connectivity index (χ4n) is 5.38. The molecule has 2 aromatic rings. The summed E-state index contributed by atoms with van der Waals surface area (Å²) in [7, 11) is 0. The average Bonchev–Trinajstić information content (AvgIpc) is 3.02. The molecule has 0 spiro atoms. The number of anilines is 1. The molecule has 0 atom stereocenters. The van der Waals surface area contributed by atoms with Crippen LogP contribution in [0.5, 0.6) is 11.5 Å². The van der Waals surface area contributed by atoms with E-state index < -0.39 is 6.03 Å². The first-order valence-corrected chi connectivity index (χ1v) is 12.6. The second kappa shape index (κ2) is 10.2. The number of ether oxygens (including phenoxy) is 1. The summed E-state index contributed by atoms with van der Waals surface area (Å²) < 4.78 is 6.03. The molecule has 0 radical (unpaired) electrons. The number of nitrogens with one attached hydrogen (secondary N) is 2. The highest BCUT2D eigenvalue weighted by Gasteiger charge is 2.33. The summed E-state index contributed by atoms with van der Waals surface area (Å²) in [6.45, 7) is 2.58. The Morgan fingerprint density at radius 3 is 2.62 bits per heavy atom. The molecule has 8 heteroatoms. The Kier molecular flexibility index (Phi) is 6.92. The fraction of sp³-hybridized carbons (Fsp3) is 0.462. The lowest BCUT2D eigenvalue weighted by atomic mass is 9.80. The van der Waals surface area contributed by atoms with Crippen LogP contribution in [0, 0.1) is 5.92 Å². The van der Waals surface area contributed by atoms with Gasteiger partial charge in [-0.1, -0.05) is 29.8 Å². The summed E-state index contributed by atoms with van der Waals surface area (Å²) in [6.07, 6.45) is 7.62. The van der Waals surface area contributed by atoms with Crippen molar-refractivity contribution in [2.75, 3.05) is 18.0 Å². The molecule has 34 heavy (non-hydrogen) atoms. The summed E-state index contributed by atoms with van der Waals surface area (Å²) in [5, 5.41) is 0.497. The van der Waals surface area contributed by atoms with Crippen molar-refractivity contribution in [1.29, 1.82) is 0 Å². The van der Waals surface area contributed by atoms with Crippen LogP contribution in [0.4, 0.5) is 10.5 Å². The summed E-state index contributed by atoms with van der Waals surface area (Å²) in [6, 6.07) is 13.0. The van der Waals surface area contributed by atoms with Crippen molar-refractivity contribution >= 4 is 29.2 Å². The van der Waals surface area contributed by atoms with Crippen LogP contribution in [0.1, 0.15) is 50.5 Å². The Balaban J connectivity index is 1.13. The normalized spacial score (nSPS) is 21.1. The maximum atomic E-state index is 13.0. The molecule has 180 valence electrons. The number of carbonyl (C=O) groups excluding carboxylic acids is 2. The Bertz CT molecular complexity index is 1050. The summed E-state index contributed by atoms with van der Waals surface area (Å²) >= 11 is 6.20. The van der Waals surface area contributed by atoms with Gasteiger partial charge < -0.3 is 9.64 Å².